The molecule has 5 nitrogen and oxygen atoms in total. The Morgan fingerprint density at radius 3 is 3.11 bits per heavy atom. The predicted molar refractivity (Wildman–Crippen MR) is 69.7 cm³/mol. The molecule has 1 fully saturated rings. The fourth-order valence-corrected chi connectivity index (χ4v) is 2.46. The normalized spacial score (nSPS) is 21.4. The molecule has 1 saturated heterocycles. The molecule has 2 heterocycles. The second kappa shape index (κ2) is 6.21. The molecule has 2 rings (SSSR count). The molecule has 1 amide bonds. The third kappa shape index (κ3) is 3.36. The summed E-state index contributed by atoms with van der Waals surface area (Å²) in [6, 6.07) is 3.44. The second-order valence-electron chi connectivity index (χ2n) is 5.09. The van der Waals surface area contributed by atoms with E-state index in [9.17, 15) is 9.90 Å². The highest BCUT2D eigenvalue weighted by Gasteiger charge is 2.28. The minimum atomic E-state index is -0.378. The van der Waals surface area contributed by atoms with E-state index in [-0.39, 0.29) is 17.9 Å². The van der Waals surface area contributed by atoms with Gasteiger partial charge in [0.05, 0.1) is 6.10 Å². The molecule has 0 aliphatic carbocycles. The van der Waals surface area contributed by atoms with Crippen molar-refractivity contribution in [3.63, 3.8) is 0 Å². The Morgan fingerprint density at radius 2 is 2.42 bits per heavy atom. The summed E-state index contributed by atoms with van der Waals surface area (Å²) in [5, 5.41) is 9.64. The van der Waals surface area contributed by atoms with Gasteiger partial charge in [-0.2, -0.15) is 0 Å². The average Bonchev–Trinajstić information content (AvgIpc) is 2.87. The number of furan rings is 1. The number of hydrogen-bond donors (Lipinski definition) is 1. The van der Waals surface area contributed by atoms with E-state index in [0.29, 0.717) is 24.7 Å². The van der Waals surface area contributed by atoms with Gasteiger partial charge in [0.15, 0.2) is 5.76 Å². The van der Waals surface area contributed by atoms with Crippen molar-refractivity contribution in [3.8, 4) is 0 Å². The number of likely N-dealkylation sites (tertiary alicyclic amines) is 1. The van der Waals surface area contributed by atoms with Crippen LogP contribution in [-0.2, 0) is 11.3 Å². The highest BCUT2D eigenvalue weighted by atomic mass is 16.5. The Labute approximate surface area is 113 Å². The van der Waals surface area contributed by atoms with Crippen molar-refractivity contribution in [3.05, 3.63) is 23.7 Å². The van der Waals surface area contributed by atoms with Crippen LogP contribution in [0.5, 0.6) is 0 Å². The number of aliphatic hydroxyl groups excluding tert-OH is 1. The van der Waals surface area contributed by atoms with Crippen molar-refractivity contribution >= 4 is 5.91 Å². The van der Waals surface area contributed by atoms with Crippen LogP contribution >= 0.6 is 0 Å². The van der Waals surface area contributed by atoms with E-state index in [0.717, 1.165) is 19.4 Å². The SMILES string of the molecule is COCc1ccc(C(=O)N2CCCC(C(C)O)C2)o1. The number of amides is 1. The minimum absolute atomic E-state index is 0.104. The maximum atomic E-state index is 12.3. The molecule has 0 aromatic carbocycles. The zero-order valence-electron chi connectivity index (χ0n) is 11.5. The summed E-state index contributed by atoms with van der Waals surface area (Å²) in [6.45, 7) is 3.46. The van der Waals surface area contributed by atoms with Gasteiger partial charge in [-0.15, -0.1) is 0 Å². The Balaban J connectivity index is 2.01. The van der Waals surface area contributed by atoms with Gasteiger partial charge < -0.3 is 19.2 Å². The highest BCUT2D eigenvalue weighted by Crippen LogP contribution is 2.22. The van der Waals surface area contributed by atoms with Crippen LogP contribution in [0.2, 0.25) is 0 Å². The third-order valence-corrected chi connectivity index (χ3v) is 3.59. The summed E-state index contributed by atoms with van der Waals surface area (Å²) in [4.78, 5) is 14.1. The van der Waals surface area contributed by atoms with Crippen LogP contribution in [0.3, 0.4) is 0 Å². The minimum Gasteiger partial charge on any atom is -0.453 e. The molecule has 19 heavy (non-hydrogen) atoms. The first-order valence-corrected chi connectivity index (χ1v) is 6.66. The van der Waals surface area contributed by atoms with Crippen molar-refractivity contribution in [2.24, 2.45) is 5.92 Å². The van der Waals surface area contributed by atoms with Crippen molar-refractivity contribution in [2.45, 2.75) is 32.5 Å². The van der Waals surface area contributed by atoms with E-state index in [1.54, 1.807) is 31.1 Å². The van der Waals surface area contributed by atoms with E-state index in [1.165, 1.54) is 0 Å². The number of ether oxygens (including phenoxy) is 1. The van der Waals surface area contributed by atoms with Crippen LogP contribution in [0, 0.1) is 5.92 Å². The third-order valence-electron chi connectivity index (χ3n) is 3.59. The van der Waals surface area contributed by atoms with Gasteiger partial charge in [0.25, 0.3) is 5.91 Å². The zero-order chi connectivity index (χ0) is 13.8. The molecule has 106 valence electrons. The topological polar surface area (TPSA) is 62.9 Å². The van der Waals surface area contributed by atoms with Crippen molar-refractivity contribution in [1.82, 2.24) is 4.90 Å². The first kappa shape index (κ1) is 14.1. The number of piperidine rings is 1. The van der Waals surface area contributed by atoms with E-state index in [4.69, 9.17) is 9.15 Å². The molecular weight excluding hydrogens is 246 g/mol. The zero-order valence-corrected chi connectivity index (χ0v) is 11.5. The molecule has 1 aliphatic heterocycles. The van der Waals surface area contributed by atoms with Gasteiger partial charge in [0, 0.05) is 26.1 Å². The monoisotopic (exact) mass is 267 g/mol. The number of carbonyl (C=O) groups is 1. The molecule has 5 heteroatoms. The Morgan fingerprint density at radius 1 is 1.63 bits per heavy atom. The molecule has 1 aromatic heterocycles. The number of methoxy groups -OCH3 is 1. The maximum Gasteiger partial charge on any atom is 0.289 e. The van der Waals surface area contributed by atoms with Gasteiger partial charge in [-0.25, -0.2) is 0 Å². The van der Waals surface area contributed by atoms with Crippen LogP contribution in [-0.4, -0.2) is 42.2 Å². The van der Waals surface area contributed by atoms with Gasteiger partial charge in [0.2, 0.25) is 0 Å². The molecule has 1 N–H and O–H groups in total. The van der Waals surface area contributed by atoms with Crippen LogP contribution in [0.4, 0.5) is 0 Å². The van der Waals surface area contributed by atoms with E-state index >= 15 is 0 Å². The van der Waals surface area contributed by atoms with Crippen molar-refractivity contribution < 1.29 is 19.1 Å². The lowest BCUT2D eigenvalue weighted by atomic mass is 9.93. The van der Waals surface area contributed by atoms with Gasteiger partial charge in [0.1, 0.15) is 12.4 Å². The van der Waals surface area contributed by atoms with E-state index < -0.39 is 0 Å². The van der Waals surface area contributed by atoms with Crippen LogP contribution in [0.25, 0.3) is 0 Å². The van der Waals surface area contributed by atoms with E-state index in [1.807, 2.05) is 0 Å². The summed E-state index contributed by atoms with van der Waals surface area (Å²) in [7, 11) is 1.59. The first-order chi connectivity index (χ1) is 9.11. The molecule has 1 aromatic rings. The van der Waals surface area contributed by atoms with Gasteiger partial charge >= 0.3 is 0 Å². The summed E-state index contributed by atoms with van der Waals surface area (Å²) in [5.41, 5.74) is 0. The summed E-state index contributed by atoms with van der Waals surface area (Å²) >= 11 is 0. The average molecular weight is 267 g/mol. The molecular formula is C14H21NO4. The van der Waals surface area contributed by atoms with Crippen molar-refractivity contribution in [2.75, 3.05) is 20.2 Å². The lowest BCUT2D eigenvalue weighted by Gasteiger charge is -2.33. The van der Waals surface area contributed by atoms with Crippen LogP contribution < -0.4 is 0 Å². The molecule has 2 unspecified atom stereocenters. The Hall–Kier alpha value is -1.33. The summed E-state index contributed by atoms with van der Waals surface area (Å²) in [6.07, 6.45) is 1.51. The lowest BCUT2D eigenvalue weighted by Crippen LogP contribution is -2.42. The molecule has 0 spiro atoms. The largest absolute Gasteiger partial charge is 0.453 e. The van der Waals surface area contributed by atoms with Gasteiger partial charge in [-0.05, 0) is 31.9 Å². The van der Waals surface area contributed by atoms with Gasteiger partial charge in [-0.3, -0.25) is 4.79 Å². The quantitative estimate of drug-likeness (QED) is 0.901. The lowest BCUT2D eigenvalue weighted by molar-refractivity contribution is 0.0439. The number of aliphatic hydroxyl groups is 1. The van der Waals surface area contributed by atoms with Crippen LogP contribution in [0.1, 0.15) is 36.1 Å². The Bertz CT molecular complexity index is 427. The summed E-state index contributed by atoms with van der Waals surface area (Å²) < 4.78 is 10.4. The molecule has 1 aliphatic rings. The van der Waals surface area contributed by atoms with E-state index in [2.05, 4.69) is 0 Å². The first-order valence-electron chi connectivity index (χ1n) is 6.66. The fraction of sp³-hybridized carbons (Fsp3) is 0.643. The Kier molecular flexibility index (Phi) is 4.61. The standard InChI is InChI=1S/C14H21NO4/c1-10(16)11-4-3-7-15(8-11)14(17)13-6-5-12(19-13)9-18-2/h5-6,10-11,16H,3-4,7-9H2,1-2H3. The smallest absolute Gasteiger partial charge is 0.289 e. The number of hydrogen-bond acceptors (Lipinski definition) is 4. The maximum absolute atomic E-state index is 12.3. The summed E-state index contributed by atoms with van der Waals surface area (Å²) in [5.74, 6) is 1.05. The van der Waals surface area contributed by atoms with Crippen LogP contribution in [0.15, 0.2) is 16.5 Å². The van der Waals surface area contributed by atoms with Crippen molar-refractivity contribution in [1.29, 1.82) is 0 Å². The fourth-order valence-electron chi connectivity index (χ4n) is 2.46. The molecule has 0 saturated carbocycles. The highest BCUT2D eigenvalue weighted by molar-refractivity contribution is 5.91. The predicted octanol–water partition coefficient (Wildman–Crippen LogP) is 1.66. The number of rotatable bonds is 4. The van der Waals surface area contributed by atoms with Gasteiger partial charge in [-0.1, -0.05) is 0 Å². The molecule has 0 radical (unpaired) electrons. The molecule has 2 atom stereocenters. The second-order valence-corrected chi connectivity index (χ2v) is 5.09. The number of nitrogens with zero attached hydrogens (tertiary/aromatic N) is 1. The number of carbonyl (C=O) groups excluding carboxylic acids is 1. The molecule has 0 bridgehead atoms.